The van der Waals surface area contributed by atoms with E-state index in [4.69, 9.17) is 9.15 Å². The molecule has 0 N–H and O–H groups in total. The summed E-state index contributed by atoms with van der Waals surface area (Å²) < 4.78 is 10.8. The van der Waals surface area contributed by atoms with Gasteiger partial charge in [-0.25, -0.2) is 4.79 Å². The highest BCUT2D eigenvalue weighted by Gasteiger charge is 2.47. The highest BCUT2D eigenvalue weighted by atomic mass is 16.6. The summed E-state index contributed by atoms with van der Waals surface area (Å²) >= 11 is 0. The molecule has 2 aliphatic rings. The predicted molar refractivity (Wildman–Crippen MR) is 72.3 cm³/mol. The Balaban J connectivity index is 1.99. The molecule has 102 valence electrons. The van der Waals surface area contributed by atoms with Crippen molar-refractivity contribution >= 4 is 12.0 Å². The second-order valence-corrected chi connectivity index (χ2v) is 5.19. The van der Waals surface area contributed by atoms with Gasteiger partial charge in [-0.15, -0.1) is 0 Å². The SMILES string of the molecule is N#CC1=C(/C=C/c2ccco2)C2(CCCCC2)OC1=O. The number of ether oxygens (including phenoxy) is 1. The summed E-state index contributed by atoms with van der Waals surface area (Å²) in [4.78, 5) is 11.9. The van der Waals surface area contributed by atoms with Crippen LogP contribution >= 0.6 is 0 Å². The molecule has 1 saturated carbocycles. The van der Waals surface area contributed by atoms with Crippen molar-refractivity contribution < 1.29 is 13.9 Å². The van der Waals surface area contributed by atoms with Crippen LogP contribution in [-0.4, -0.2) is 11.6 Å². The molecule has 2 heterocycles. The summed E-state index contributed by atoms with van der Waals surface area (Å²) in [6, 6.07) is 5.61. The average molecular weight is 269 g/mol. The maximum atomic E-state index is 11.9. The van der Waals surface area contributed by atoms with Crippen molar-refractivity contribution in [3.8, 4) is 6.07 Å². The van der Waals surface area contributed by atoms with Gasteiger partial charge >= 0.3 is 5.97 Å². The van der Waals surface area contributed by atoms with Gasteiger partial charge in [0.05, 0.1) is 6.26 Å². The molecule has 1 aromatic rings. The molecule has 0 atom stereocenters. The van der Waals surface area contributed by atoms with Crippen LogP contribution < -0.4 is 0 Å². The Labute approximate surface area is 117 Å². The molecule has 0 radical (unpaired) electrons. The van der Waals surface area contributed by atoms with Gasteiger partial charge in [-0.3, -0.25) is 0 Å². The molecule has 20 heavy (non-hydrogen) atoms. The van der Waals surface area contributed by atoms with Crippen LogP contribution in [0.4, 0.5) is 0 Å². The van der Waals surface area contributed by atoms with Crippen LogP contribution in [0.25, 0.3) is 6.08 Å². The van der Waals surface area contributed by atoms with E-state index in [0.29, 0.717) is 11.3 Å². The number of rotatable bonds is 2. The quantitative estimate of drug-likeness (QED) is 0.772. The third-order valence-corrected chi connectivity index (χ3v) is 3.98. The first-order chi connectivity index (χ1) is 9.75. The largest absolute Gasteiger partial charge is 0.465 e. The molecule has 1 fully saturated rings. The molecular weight excluding hydrogens is 254 g/mol. The van der Waals surface area contributed by atoms with E-state index in [1.54, 1.807) is 24.5 Å². The van der Waals surface area contributed by atoms with Crippen molar-refractivity contribution in [2.24, 2.45) is 0 Å². The third-order valence-electron chi connectivity index (χ3n) is 3.98. The Morgan fingerprint density at radius 2 is 2.05 bits per heavy atom. The van der Waals surface area contributed by atoms with Crippen molar-refractivity contribution in [1.29, 1.82) is 5.26 Å². The molecule has 1 aromatic heterocycles. The number of carbonyl (C=O) groups is 1. The standard InChI is InChI=1S/C16H15NO3/c17-11-13-14(7-6-12-5-4-10-19-12)16(20-15(13)18)8-2-1-3-9-16/h4-7,10H,1-3,8-9H2/b7-6+. The molecule has 0 saturated heterocycles. The van der Waals surface area contributed by atoms with Crippen LogP contribution in [0.1, 0.15) is 37.9 Å². The van der Waals surface area contributed by atoms with Gasteiger partial charge in [0.15, 0.2) is 0 Å². The number of hydrogen-bond acceptors (Lipinski definition) is 4. The fraction of sp³-hybridized carbons (Fsp3) is 0.375. The minimum Gasteiger partial charge on any atom is -0.465 e. The Bertz CT molecular complexity index is 611. The van der Waals surface area contributed by atoms with Gasteiger partial charge in [-0.2, -0.15) is 5.26 Å². The second-order valence-electron chi connectivity index (χ2n) is 5.19. The lowest BCUT2D eigenvalue weighted by Crippen LogP contribution is -2.34. The Morgan fingerprint density at radius 3 is 2.70 bits per heavy atom. The minimum atomic E-state index is -0.594. The van der Waals surface area contributed by atoms with Gasteiger partial charge in [0.25, 0.3) is 0 Å². The second kappa shape index (κ2) is 5.01. The lowest BCUT2D eigenvalue weighted by molar-refractivity contribution is -0.148. The molecule has 4 nitrogen and oxygen atoms in total. The Morgan fingerprint density at radius 1 is 1.25 bits per heavy atom. The topological polar surface area (TPSA) is 63.2 Å². The minimum absolute atomic E-state index is 0.134. The molecule has 0 aromatic carbocycles. The first kappa shape index (κ1) is 12.7. The highest BCUT2D eigenvalue weighted by Crippen LogP contribution is 2.44. The number of esters is 1. The van der Waals surface area contributed by atoms with E-state index in [0.717, 1.165) is 32.1 Å². The maximum Gasteiger partial charge on any atom is 0.350 e. The van der Waals surface area contributed by atoms with Crippen LogP contribution in [0, 0.1) is 11.3 Å². The van der Waals surface area contributed by atoms with Gasteiger partial charge in [0, 0.05) is 5.57 Å². The monoisotopic (exact) mass is 269 g/mol. The first-order valence-electron chi connectivity index (χ1n) is 6.85. The van der Waals surface area contributed by atoms with Crippen LogP contribution in [0.3, 0.4) is 0 Å². The summed E-state index contributed by atoms with van der Waals surface area (Å²) in [6.45, 7) is 0. The molecule has 3 rings (SSSR count). The third kappa shape index (κ3) is 2.05. The van der Waals surface area contributed by atoms with Gasteiger partial charge < -0.3 is 9.15 Å². The fourth-order valence-electron chi connectivity index (χ4n) is 3.01. The molecule has 1 aliphatic carbocycles. The predicted octanol–water partition coefficient (Wildman–Crippen LogP) is 3.37. The molecule has 1 aliphatic heterocycles. The summed E-state index contributed by atoms with van der Waals surface area (Å²) in [5, 5.41) is 9.21. The molecular formula is C16H15NO3. The Kier molecular flexibility index (Phi) is 3.19. The number of furan rings is 1. The van der Waals surface area contributed by atoms with Gasteiger partial charge in [0.1, 0.15) is 23.0 Å². The summed E-state index contributed by atoms with van der Waals surface area (Å²) in [7, 11) is 0. The van der Waals surface area contributed by atoms with E-state index in [-0.39, 0.29) is 5.57 Å². The number of nitrogens with zero attached hydrogens (tertiary/aromatic N) is 1. The highest BCUT2D eigenvalue weighted by molar-refractivity contribution is 5.98. The zero-order valence-corrected chi connectivity index (χ0v) is 11.1. The lowest BCUT2D eigenvalue weighted by atomic mass is 9.78. The summed E-state index contributed by atoms with van der Waals surface area (Å²) in [5.74, 6) is 0.202. The average Bonchev–Trinajstić information content (AvgIpc) is 3.04. The normalized spacial score (nSPS) is 21.4. The van der Waals surface area contributed by atoms with Crippen LogP contribution in [0.15, 0.2) is 40.0 Å². The zero-order chi connectivity index (χ0) is 14.0. The van der Waals surface area contributed by atoms with Gasteiger partial charge in [-0.05, 0) is 50.0 Å². The summed E-state index contributed by atoms with van der Waals surface area (Å²) in [5.41, 5.74) is 0.250. The lowest BCUT2D eigenvalue weighted by Gasteiger charge is -2.33. The molecule has 0 bridgehead atoms. The maximum absolute atomic E-state index is 11.9. The van der Waals surface area contributed by atoms with Crippen LogP contribution in [0.2, 0.25) is 0 Å². The van der Waals surface area contributed by atoms with Gasteiger partial charge in [-0.1, -0.05) is 6.42 Å². The van der Waals surface area contributed by atoms with Crippen LogP contribution in [-0.2, 0) is 9.53 Å². The van der Waals surface area contributed by atoms with Crippen molar-refractivity contribution in [1.82, 2.24) is 0 Å². The number of nitriles is 1. The number of hydrogen-bond donors (Lipinski definition) is 0. The molecule has 1 spiro atoms. The number of carbonyl (C=O) groups excluding carboxylic acids is 1. The van der Waals surface area contributed by atoms with E-state index in [9.17, 15) is 10.1 Å². The molecule has 0 amide bonds. The van der Waals surface area contributed by atoms with E-state index in [2.05, 4.69) is 0 Å². The molecule has 4 heteroatoms. The van der Waals surface area contributed by atoms with E-state index in [1.165, 1.54) is 0 Å². The van der Waals surface area contributed by atoms with E-state index >= 15 is 0 Å². The van der Waals surface area contributed by atoms with Gasteiger partial charge in [0.2, 0.25) is 0 Å². The summed E-state index contributed by atoms with van der Waals surface area (Å²) in [6.07, 6.45) is 9.94. The van der Waals surface area contributed by atoms with E-state index < -0.39 is 11.6 Å². The Hall–Kier alpha value is -2.28. The molecule has 0 unspecified atom stereocenters. The van der Waals surface area contributed by atoms with Crippen LogP contribution in [0.5, 0.6) is 0 Å². The van der Waals surface area contributed by atoms with Crippen molar-refractivity contribution in [2.75, 3.05) is 0 Å². The van der Waals surface area contributed by atoms with E-state index in [1.807, 2.05) is 12.1 Å². The first-order valence-corrected chi connectivity index (χ1v) is 6.85. The smallest absolute Gasteiger partial charge is 0.350 e. The fourth-order valence-corrected chi connectivity index (χ4v) is 3.01. The zero-order valence-electron chi connectivity index (χ0n) is 11.1. The van der Waals surface area contributed by atoms with Crippen molar-refractivity contribution in [3.63, 3.8) is 0 Å². The van der Waals surface area contributed by atoms with Crippen molar-refractivity contribution in [2.45, 2.75) is 37.7 Å². The van der Waals surface area contributed by atoms with Crippen molar-refractivity contribution in [3.05, 3.63) is 41.4 Å².